The van der Waals surface area contributed by atoms with Gasteiger partial charge in [0.15, 0.2) is 0 Å². The zero-order valence-corrected chi connectivity index (χ0v) is 19.2. The Morgan fingerprint density at radius 2 is 1.58 bits per heavy atom. The summed E-state index contributed by atoms with van der Waals surface area (Å²) in [5, 5.41) is 15.5. The standard InChI is InChI=1S/C23H19F8N3OS/c1-13-7-9-15(10-8-13)17-12-36-20(32-17)34-33-16(14-5-3-2-4-6-14)11-18(35)21(26,27)23(30,31)22(28,29)19(24)25/h2-10,12,18-19,35H,11H2,1H3,(H,32,34)/b33-16-/t18-/m0/s1. The number of anilines is 1. The third-order valence-corrected chi connectivity index (χ3v) is 5.91. The molecule has 4 nitrogen and oxygen atoms in total. The highest BCUT2D eigenvalue weighted by atomic mass is 32.1. The molecule has 0 bridgehead atoms. The van der Waals surface area contributed by atoms with Crippen LogP contribution in [-0.2, 0) is 0 Å². The summed E-state index contributed by atoms with van der Waals surface area (Å²) in [7, 11) is 0. The Labute approximate surface area is 204 Å². The molecular weight excluding hydrogens is 518 g/mol. The zero-order chi connectivity index (χ0) is 26.7. The molecule has 0 aliphatic heterocycles. The predicted molar refractivity (Wildman–Crippen MR) is 120 cm³/mol. The van der Waals surface area contributed by atoms with Gasteiger partial charge in [0.05, 0.1) is 11.4 Å². The molecule has 0 spiro atoms. The van der Waals surface area contributed by atoms with Gasteiger partial charge in [-0.1, -0.05) is 60.2 Å². The minimum atomic E-state index is -6.54. The number of hydrogen-bond acceptors (Lipinski definition) is 5. The monoisotopic (exact) mass is 537 g/mol. The average molecular weight is 537 g/mol. The number of thiazole rings is 1. The van der Waals surface area contributed by atoms with Crippen LogP contribution in [0.4, 0.5) is 40.3 Å². The summed E-state index contributed by atoms with van der Waals surface area (Å²) in [6.07, 6.45) is -9.92. The van der Waals surface area contributed by atoms with E-state index in [9.17, 15) is 40.2 Å². The first-order valence-electron chi connectivity index (χ1n) is 10.3. The highest BCUT2D eigenvalue weighted by Gasteiger charge is 2.77. The SMILES string of the molecule is Cc1ccc(-c2csc(N/N=C(/C[C@H](O)C(F)(F)C(F)(F)C(F)(F)C(F)F)c3ccccc3)n2)cc1. The Kier molecular flexibility index (Phi) is 8.04. The first kappa shape index (κ1) is 27.5. The molecule has 36 heavy (non-hydrogen) atoms. The van der Waals surface area contributed by atoms with Gasteiger partial charge in [0.1, 0.15) is 6.10 Å². The van der Waals surface area contributed by atoms with Crippen LogP contribution in [0.3, 0.4) is 0 Å². The lowest BCUT2D eigenvalue weighted by atomic mass is 9.94. The number of aryl methyl sites for hydroxylation is 1. The lowest BCUT2D eigenvalue weighted by Crippen LogP contribution is -2.62. The average Bonchev–Trinajstić information content (AvgIpc) is 3.31. The number of nitrogens with one attached hydrogen (secondary N) is 1. The van der Waals surface area contributed by atoms with Gasteiger partial charge < -0.3 is 5.11 Å². The maximum atomic E-state index is 14.2. The summed E-state index contributed by atoms with van der Waals surface area (Å²) in [6.45, 7) is 1.90. The first-order valence-corrected chi connectivity index (χ1v) is 11.2. The number of halogens is 8. The lowest BCUT2D eigenvalue weighted by molar-refractivity contribution is -0.355. The lowest BCUT2D eigenvalue weighted by Gasteiger charge is -2.34. The van der Waals surface area contributed by atoms with Crippen molar-refractivity contribution in [2.45, 2.75) is 43.6 Å². The molecule has 0 amide bonds. The molecule has 0 aliphatic carbocycles. The van der Waals surface area contributed by atoms with Crippen molar-refractivity contribution < 1.29 is 40.2 Å². The van der Waals surface area contributed by atoms with E-state index in [2.05, 4.69) is 15.5 Å². The van der Waals surface area contributed by atoms with Crippen molar-refractivity contribution in [3.8, 4) is 11.3 Å². The first-order chi connectivity index (χ1) is 16.8. The van der Waals surface area contributed by atoms with Crippen molar-refractivity contribution in [2.75, 3.05) is 5.43 Å². The molecule has 13 heteroatoms. The normalized spacial score (nSPS) is 14.2. The van der Waals surface area contributed by atoms with Crippen LogP contribution >= 0.6 is 11.3 Å². The molecule has 3 aromatic rings. The van der Waals surface area contributed by atoms with Gasteiger partial charge in [0.2, 0.25) is 5.13 Å². The van der Waals surface area contributed by atoms with Crippen LogP contribution < -0.4 is 5.43 Å². The van der Waals surface area contributed by atoms with Crippen molar-refractivity contribution >= 4 is 22.2 Å². The molecule has 2 aromatic carbocycles. The highest BCUT2D eigenvalue weighted by molar-refractivity contribution is 7.14. The second kappa shape index (κ2) is 10.5. The van der Waals surface area contributed by atoms with Gasteiger partial charge in [0.25, 0.3) is 0 Å². The van der Waals surface area contributed by atoms with Crippen LogP contribution in [0.2, 0.25) is 0 Å². The van der Waals surface area contributed by atoms with E-state index in [1.807, 2.05) is 31.2 Å². The van der Waals surface area contributed by atoms with E-state index in [4.69, 9.17) is 0 Å². The van der Waals surface area contributed by atoms with E-state index in [0.717, 1.165) is 22.5 Å². The number of rotatable bonds is 10. The fourth-order valence-electron chi connectivity index (χ4n) is 3.04. The van der Waals surface area contributed by atoms with Gasteiger partial charge in [-0.3, -0.25) is 5.43 Å². The minimum absolute atomic E-state index is 0.0825. The van der Waals surface area contributed by atoms with Crippen molar-refractivity contribution in [3.63, 3.8) is 0 Å². The van der Waals surface area contributed by atoms with Crippen LogP contribution in [0.1, 0.15) is 17.5 Å². The van der Waals surface area contributed by atoms with Gasteiger partial charge in [0, 0.05) is 17.4 Å². The fourth-order valence-corrected chi connectivity index (χ4v) is 3.70. The maximum absolute atomic E-state index is 14.2. The van der Waals surface area contributed by atoms with E-state index >= 15 is 0 Å². The molecule has 3 rings (SSSR count). The summed E-state index contributed by atoms with van der Waals surface area (Å²) >= 11 is 1.08. The number of hydrogen-bond donors (Lipinski definition) is 2. The Bertz CT molecular complexity index is 1180. The molecule has 1 aromatic heterocycles. The second-order valence-corrected chi connectivity index (χ2v) is 8.64. The highest BCUT2D eigenvalue weighted by Crippen LogP contribution is 2.50. The molecule has 194 valence electrons. The summed E-state index contributed by atoms with van der Waals surface area (Å²) < 4.78 is 107. The summed E-state index contributed by atoms with van der Waals surface area (Å²) in [4.78, 5) is 4.28. The quantitative estimate of drug-likeness (QED) is 0.169. The summed E-state index contributed by atoms with van der Waals surface area (Å²) in [6, 6.07) is 14.5. The van der Waals surface area contributed by atoms with E-state index in [-0.39, 0.29) is 10.7 Å². The van der Waals surface area contributed by atoms with Crippen molar-refractivity contribution in [1.82, 2.24) is 4.98 Å². The smallest absolute Gasteiger partial charge is 0.380 e. The van der Waals surface area contributed by atoms with Gasteiger partial charge in [-0.05, 0) is 12.5 Å². The molecule has 0 radical (unpaired) electrons. The Balaban J connectivity index is 1.87. The van der Waals surface area contributed by atoms with Gasteiger partial charge in [-0.25, -0.2) is 13.8 Å². The number of nitrogens with zero attached hydrogens (tertiary/aromatic N) is 2. The predicted octanol–water partition coefficient (Wildman–Crippen LogP) is 6.86. The van der Waals surface area contributed by atoms with Crippen LogP contribution in [0.15, 0.2) is 65.1 Å². The molecule has 2 N–H and O–H groups in total. The van der Waals surface area contributed by atoms with E-state index in [1.165, 1.54) is 24.3 Å². The second-order valence-electron chi connectivity index (χ2n) is 7.78. The maximum Gasteiger partial charge on any atom is 0.380 e. The van der Waals surface area contributed by atoms with E-state index in [0.29, 0.717) is 5.69 Å². The van der Waals surface area contributed by atoms with Crippen LogP contribution in [0.25, 0.3) is 11.3 Å². The van der Waals surface area contributed by atoms with E-state index < -0.39 is 42.4 Å². The fraction of sp³-hybridized carbons (Fsp3) is 0.304. The van der Waals surface area contributed by atoms with Gasteiger partial charge >= 0.3 is 24.2 Å². The molecule has 0 saturated carbocycles. The van der Waals surface area contributed by atoms with Crippen molar-refractivity contribution in [1.29, 1.82) is 0 Å². The molecular formula is C23H19F8N3OS. The number of aliphatic hydroxyl groups is 1. The molecule has 1 atom stereocenters. The van der Waals surface area contributed by atoms with Gasteiger partial charge in [-0.2, -0.15) is 31.4 Å². The molecule has 0 fully saturated rings. The van der Waals surface area contributed by atoms with Crippen LogP contribution in [-0.4, -0.2) is 46.1 Å². The number of aromatic nitrogens is 1. The molecule has 0 aliphatic rings. The van der Waals surface area contributed by atoms with Crippen LogP contribution in [0, 0.1) is 6.92 Å². The number of hydrazone groups is 1. The Morgan fingerprint density at radius 1 is 0.972 bits per heavy atom. The molecule has 0 unspecified atom stereocenters. The van der Waals surface area contributed by atoms with Crippen LogP contribution in [0.5, 0.6) is 0 Å². The number of benzene rings is 2. The molecule has 1 heterocycles. The Hall–Kier alpha value is -3.06. The largest absolute Gasteiger partial charge is 0.386 e. The third-order valence-electron chi connectivity index (χ3n) is 5.16. The topological polar surface area (TPSA) is 57.5 Å². The van der Waals surface area contributed by atoms with Gasteiger partial charge in [-0.15, -0.1) is 11.3 Å². The van der Waals surface area contributed by atoms with E-state index in [1.54, 1.807) is 11.4 Å². The minimum Gasteiger partial charge on any atom is -0.386 e. The number of alkyl halides is 8. The Morgan fingerprint density at radius 3 is 2.17 bits per heavy atom. The summed E-state index contributed by atoms with van der Waals surface area (Å²) in [5.74, 6) is -18.8. The molecule has 0 saturated heterocycles. The van der Waals surface area contributed by atoms with Crippen molar-refractivity contribution in [3.05, 3.63) is 71.1 Å². The third kappa shape index (κ3) is 5.51. The van der Waals surface area contributed by atoms with Crippen molar-refractivity contribution in [2.24, 2.45) is 5.10 Å². The summed E-state index contributed by atoms with van der Waals surface area (Å²) in [5.41, 5.74) is 4.48. The zero-order valence-electron chi connectivity index (χ0n) is 18.4. The number of aliphatic hydroxyl groups excluding tert-OH is 1.